The van der Waals surface area contributed by atoms with Crippen molar-refractivity contribution in [1.82, 2.24) is 9.88 Å². The van der Waals surface area contributed by atoms with Gasteiger partial charge in [-0.3, -0.25) is 4.90 Å². The van der Waals surface area contributed by atoms with Crippen LogP contribution in [0.5, 0.6) is 11.5 Å². The number of rotatable bonds is 8. The summed E-state index contributed by atoms with van der Waals surface area (Å²) in [6.07, 6.45) is 6.34. The summed E-state index contributed by atoms with van der Waals surface area (Å²) >= 11 is 0. The third-order valence-corrected chi connectivity index (χ3v) is 5.66. The first kappa shape index (κ1) is 20.7. The van der Waals surface area contributed by atoms with Crippen LogP contribution in [-0.4, -0.2) is 42.7 Å². The first-order valence-corrected chi connectivity index (χ1v) is 11.3. The van der Waals surface area contributed by atoms with Gasteiger partial charge in [0.05, 0.1) is 17.8 Å². The van der Waals surface area contributed by atoms with E-state index in [1.54, 1.807) is 0 Å². The van der Waals surface area contributed by atoms with Gasteiger partial charge < -0.3 is 9.47 Å². The molecule has 30 heavy (non-hydrogen) atoms. The molecular weight excluding hydrogens is 372 g/mol. The highest BCUT2D eigenvalue weighted by molar-refractivity contribution is 5.87. The lowest BCUT2D eigenvalue weighted by Crippen LogP contribution is -2.29. The number of benzene rings is 2. The van der Waals surface area contributed by atoms with Crippen LogP contribution < -0.4 is 9.47 Å². The number of para-hydroxylation sites is 1. The lowest BCUT2D eigenvalue weighted by Gasteiger charge is -2.20. The Morgan fingerprint density at radius 1 is 0.867 bits per heavy atom. The molecular formula is C26H32N2O2. The Kier molecular flexibility index (Phi) is 7.20. The second-order valence-electron chi connectivity index (χ2n) is 8.00. The summed E-state index contributed by atoms with van der Waals surface area (Å²) in [4.78, 5) is 7.41. The summed E-state index contributed by atoms with van der Waals surface area (Å²) in [6, 6.07) is 18.5. The Morgan fingerprint density at radius 3 is 2.40 bits per heavy atom. The van der Waals surface area contributed by atoms with Crippen LogP contribution >= 0.6 is 0 Å². The number of nitrogens with zero attached hydrogens (tertiary/aromatic N) is 2. The van der Waals surface area contributed by atoms with Gasteiger partial charge in [-0.05, 0) is 68.8 Å². The van der Waals surface area contributed by atoms with Crippen LogP contribution in [0.3, 0.4) is 0 Å². The van der Waals surface area contributed by atoms with Gasteiger partial charge in [-0.2, -0.15) is 0 Å². The van der Waals surface area contributed by atoms with Crippen molar-refractivity contribution in [1.29, 1.82) is 0 Å². The molecule has 1 aromatic heterocycles. The molecule has 0 N–H and O–H groups in total. The van der Waals surface area contributed by atoms with Gasteiger partial charge in [0.2, 0.25) is 0 Å². The highest BCUT2D eigenvalue weighted by Crippen LogP contribution is 2.31. The van der Waals surface area contributed by atoms with Crippen LogP contribution in [0.1, 0.15) is 39.0 Å². The van der Waals surface area contributed by atoms with E-state index in [0.717, 1.165) is 53.2 Å². The zero-order valence-corrected chi connectivity index (χ0v) is 18.0. The van der Waals surface area contributed by atoms with Crippen LogP contribution in [0, 0.1) is 0 Å². The van der Waals surface area contributed by atoms with Crippen LogP contribution in [-0.2, 0) is 0 Å². The average molecular weight is 405 g/mol. The molecule has 4 heteroatoms. The Balaban J connectivity index is 1.52. The topological polar surface area (TPSA) is 34.6 Å². The first-order chi connectivity index (χ1) is 14.8. The van der Waals surface area contributed by atoms with Crippen molar-refractivity contribution in [3.8, 4) is 22.8 Å². The fraction of sp³-hybridized carbons (Fsp3) is 0.423. The zero-order valence-electron chi connectivity index (χ0n) is 18.0. The van der Waals surface area contributed by atoms with E-state index in [1.807, 2.05) is 24.3 Å². The van der Waals surface area contributed by atoms with Gasteiger partial charge in [0.1, 0.15) is 18.1 Å². The minimum Gasteiger partial charge on any atom is -0.494 e. The van der Waals surface area contributed by atoms with Gasteiger partial charge in [0.15, 0.2) is 0 Å². The van der Waals surface area contributed by atoms with E-state index in [1.165, 1.54) is 38.8 Å². The minimum absolute atomic E-state index is 0.706. The van der Waals surface area contributed by atoms with Gasteiger partial charge >= 0.3 is 0 Å². The third kappa shape index (κ3) is 5.31. The number of aromatic nitrogens is 1. The van der Waals surface area contributed by atoms with Gasteiger partial charge in [0, 0.05) is 23.6 Å². The van der Waals surface area contributed by atoms with Gasteiger partial charge in [0.25, 0.3) is 0 Å². The summed E-state index contributed by atoms with van der Waals surface area (Å²) < 4.78 is 12.0. The van der Waals surface area contributed by atoms with Crippen LogP contribution in [0.25, 0.3) is 22.2 Å². The molecule has 0 atom stereocenters. The quantitative estimate of drug-likeness (QED) is 0.465. The standard InChI is InChI=1S/C26H32N2O2/c1-2-18-29-22-13-11-21(12-14-22)25-20-26(23-9-5-6-10-24(23)27-25)30-19-17-28-15-7-3-4-8-16-28/h5-6,9-14,20H,2-4,7-8,15-19H2,1H3. The summed E-state index contributed by atoms with van der Waals surface area (Å²) in [5.41, 5.74) is 2.97. The largest absolute Gasteiger partial charge is 0.494 e. The van der Waals surface area contributed by atoms with Crippen LogP contribution in [0.15, 0.2) is 54.6 Å². The molecule has 0 aliphatic carbocycles. The minimum atomic E-state index is 0.706. The smallest absolute Gasteiger partial charge is 0.130 e. The maximum absolute atomic E-state index is 6.30. The van der Waals surface area contributed by atoms with Gasteiger partial charge in [-0.15, -0.1) is 0 Å². The number of pyridine rings is 1. The molecule has 0 spiro atoms. The molecule has 0 unspecified atom stereocenters. The number of likely N-dealkylation sites (tertiary alicyclic amines) is 1. The predicted octanol–water partition coefficient (Wildman–Crippen LogP) is 5.95. The zero-order chi connectivity index (χ0) is 20.6. The Morgan fingerprint density at radius 2 is 1.63 bits per heavy atom. The Bertz CT molecular complexity index is 931. The normalized spacial score (nSPS) is 15.1. The van der Waals surface area contributed by atoms with Crippen molar-refractivity contribution in [2.24, 2.45) is 0 Å². The van der Waals surface area contributed by atoms with E-state index in [4.69, 9.17) is 14.5 Å². The van der Waals surface area contributed by atoms with E-state index in [9.17, 15) is 0 Å². The van der Waals surface area contributed by atoms with E-state index in [-0.39, 0.29) is 0 Å². The second kappa shape index (κ2) is 10.4. The van der Waals surface area contributed by atoms with Crippen molar-refractivity contribution in [2.45, 2.75) is 39.0 Å². The molecule has 1 fully saturated rings. The Hall–Kier alpha value is -2.59. The number of hydrogen-bond acceptors (Lipinski definition) is 4. The van der Waals surface area contributed by atoms with E-state index >= 15 is 0 Å². The molecule has 1 saturated heterocycles. The summed E-state index contributed by atoms with van der Waals surface area (Å²) in [5.74, 6) is 1.81. The maximum Gasteiger partial charge on any atom is 0.130 e. The first-order valence-electron chi connectivity index (χ1n) is 11.3. The number of fused-ring (bicyclic) bond motifs is 1. The average Bonchev–Trinajstić information content (AvgIpc) is 3.07. The maximum atomic E-state index is 6.30. The fourth-order valence-electron chi connectivity index (χ4n) is 4.00. The van der Waals surface area contributed by atoms with Crippen molar-refractivity contribution in [3.05, 3.63) is 54.6 Å². The SMILES string of the molecule is CCCOc1ccc(-c2cc(OCCN3CCCCCC3)c3ccccc3n2)cc1. The molecule has 3 aromatic rings. The molecule has 158 valence electrons. The molecule has 4 nitrogen and oxygen atoms in total. The van der Waals surface area contributed by atoms with Crippen molar-refractivity contribution >= 4 is 10.9 Å². The molecule has 0 amide bonds. The lowest BCUT2D eigenvalue weighted by molar-refractivity contribution is 0.215. The summed E-state index contributed by atoms with van der Waals surface area (Å²) in [6.45, 7) is 6.92. The van der Waals surface area contributed by atoms with E-state index in [0.29, 0.717) is 6.61 Å². The highest BCUT2D eigenvalue weighted by Gasteiger charge is 2.11. The lowest BCUT2D eigenvalue weighted by atomic mass is 10.1. The van der Waals surface area contributed by atoms with E-state index < -0.39 is 0 Å². The Labute approximate surface area is 179 Å². The molecule has 0 saturated carbocycles. The van der Waals surface area contributed by atoms with Crippen molar-refractivity contribution < 1.29 is 9.47 Å². The van der Waals surface area contributed by atoms with Crippen molar-refractivity contribution in [3.63, 3.8) is 0 Å². The fourth-order valence-corrected chi connectivity index (χ4v) is 4.00. The van der Waals surface area contributed by atoms with Gasteiger partial charge in [-0.25, -0.2) is 4.98 Å². The van der Waals surface area contributed by atoms with Crippen molar-refractivity contribution in [2.75, 3.05) is 32.8 Å². The monoisotopic (exact) mass is 404 g/mol. The summed E-state index contributed by atoms with van der Waals surface area (Å²) in [5, 5.41) is 1.07. The number of hydrogen-bond donors (Lipinski definition) is 0. The van der Waals surface area contributed by atoms with Crippen LogP contribution in [0.4, 0.5) is 0 Å². The third-order valence-electron chi connectivity index (χ3n) is 5.66. The predicted molar refractivity (Wildman–Crippen MR) is 123 cm³/mol. The molecule has 2 aromatic carbocycles. The molecule has 0 radical (unpaired) electrons. The van der Waals surface area contributed by atoms with E-state index in [2.05, 4.69) is 42.2 Å². The molecule has 4 rings (SSSR count). The highest BCUT2D eigenvalue weighted by atomic mass is 16.5. The second-order valence-corrected chi connectivity index (χ2v) is 8.00. The molecule has 1 aliphatic heterocycles. The number of ether oxygens (including phenoxy) is 2. The molecule has 1 aliphatic rings. The summed E-state index contributed by atoms with van der Waals surface area (Å²) in [7, 11) is 0. The molecule has 2 heterocycles. The van der Waals surface area contributed by atoms with Crippen LogP contribution in [0.2, 0.25) is 0 Å². The molecule has 0 bridgehead atoms. The van der Waals surface area contributed by atoms with Gasteiger partial charge in [-0.1, -0.05) is 31.9 Å².